The Morgan fingerprint density at radius 3 is 1.48 bits per heavy atom. The Balaban J connectivity index is 0.00000192. The Hall–Kier alpha value is -1.37. The van der Waals surface area contributed by atoms with Gasteiger partial charge in [-0.15, -0.1) is 0 Å². The molecule has 0 atom stereocenters. The van der Waals surface area contributed by atoms with Crippen LogP contribution in [0, 0.1) is 0 Å². The number of hydrogen-bond donors (Lipinski definition) is 1. The Morgan fingerprint density at radius 2 is 1.04 bits per heavy atom. The largest absolute Gasteiger partial charge is 0.346 e. The van der Waals surface area contributed by atoms with Crippen LogP contribution in [-0.2, 0) is 20.1 Å². The van der Waals surface area contributed by atoms with E-state index in [2.05, 4.69) is 53.8 Å². The average molecular weight is 514 g/mol. The van der Waals surface area contributed by atoms with E-state index in [9.17, 15) is 0 Å². The number of rotatable bonds is 4. The molecule has 0 bridgehead atoms. The first-order valence-electron chi connectivity index (χ1n) is 7.11. The summed E-state index contributed by atoms with van der Waals surface area (Å²) in [6, 6.07) is 31.1. The number of hydrogen-bond acceptors (Lipinski definition) is 1. The molecule has 3 aromatic rings. The Morgan fingerprint density at radius 1 is 0.652 bits per heavy atom. The first kappa shape index (κ1) is 18.0. The number of benzene rings is 3. The summed E-state index contributed by atoms with van der Waals surface area (Å²) in [4.78, 5) is 0. The van der Waals surface area contributed by atoms with Gasteiger partial charge in [0.2, 0.25) is 0 Å². The van der Waals surface area contributed by atoms with Crippen LogP contribution in [0.2, 0.25) is 0 Å². The van der Waals surface area contributed by atoms with E-state index in [1.807, 2.05) is 42.5 Å². The van der Waals surface area contributed by atoms with Crippen LogP contribution < -0.4 is 15.9 Å². The van der Waals surface area contributed by atoms with Crippen molar-refractivity contribution in [3.05, 3.63) is 91.0 Å². The Labute approximate surface area is 157 Å². The molecule has 4 heteroatoms. The fourth-order valence-corrected chi connectivity index (χ4v) is 4.94. The zero-order chi connectivity index (χ0) is 15.2. The summed E-state index contributed by atoms with van der Waals surface area (Å²) < 4.78 is 0.874. The molecule has 0 unspecified atom stereocenters. The second-order valence-corrected chi connectivity index (χ2v) is 7.66. The number of anilines is 1. The minimum Gasteiger partial charge on any atom is -0.346 e. The molecule has 0 spiro atoms. The van der Waals surface area contributed by atoms with Gasteiger partial charge in [0.1, 0.15) is 4.73 Å². The monoisotopic (exact) mass is 514 g/mol. The van der Waals surface area contributed by atoms with Crippen LogP contribution in [0.15, 0.2) is 91.0 Å². The van der Waals surface area contributed by atoms with Gasteiger partial charge in [-0.2, -0.15) is 0 Å². The summed E-state index contributed by atoms with van der Waals surface area (Å²) in [5.41, 5.74) is 1.03. The van der Waals surface area contributed by atoms with Crippen molar-refractivity contribution in [3.8, 4) is 0 Å². The van der Waals surface area contributed by atoms with Crippen molar-refractivity contribution in [2.75, 3.05) is 5.32 Å². The molecular weight excluding hydrogens is 497 g/mol. The summed E-state index contributed by atoms with van der Waals surface area (Å²) in [7, 11) is -0.715. The summed E-state index contributed by atoms with van der Waals surface area (Å²) in [5.74, 6) is 0. The summed E-state index contributed by atoms with van der Waals surface area (Å²) in [6.45, 7) is 0. The van der Waals surface area contributed by atoms with E-state index in [4.69, 9.17) is 12.2 Å². The first-order valence-corrected chi connectivity index (χ1v) is 8.86. The standard InChI is InChI=1S/C19H16NPS.Ir/c22-19(20-16-10-4-1-5-11-16)21(17-12-6-2-7-13-17)18-14-8-3-9-15-18;/h1-15H,(H,20,22);. The van der Waals surface area contributed by atoms with Crippen molar-refractivity contribution in [1.82, 2.24) is 0 Å². The number of nitrogens with one attached hydrogen (secondary N) is 1. The molecule has 117 valence electrons. The van der Waals surface area contributed by atoms with Crippen LogP contribution in [-0.4, -0.2) is 4.73 Å². The van der Waals surface area contributed by atoms with Crippen molar-refractivity contribution >= 4 is 41.2 Å². The normalized spacial score (nSPS) is 9.96. The fraction of sp³-hybridized carbons (Fsp3) is 0. The van der Waals surface area contributed by atoms with E-state index in [-0.39, 0.29) is 20.1 Å². The molecule has 3 rings (SSSR count). The van der Waals surface area contributed by atoms with E-state index in [0.717, 1.165) is 10.4 Å². The van der Waals surface area contributed by atoms with E-state index >= 15 is 0 Å². The molecule has 0 amide bonds. The van der Waals surface area contributed by atoms with E-state index < -0.39 is 7.92 Å². The third-order valence-electron chi connectivity index (χ3n) is 3.26. The molecule has 0 heterocycles. The van der Waals surface area contributed by atoms with Crippen LogP contribution in [0.4, 0.5) is 5.69 Å². The predicted octanol–water partition coefficient (Wildman–Crippen LogP) is 4.51. The third kappa shape index (κ3) is 4.80. The van der Waals surface area contributed by atoms with Crippen LogP contribution in [0.1, 0.15) is 0 Å². The molecule has 23 heavy (non-hydrogen) atoms. The Bertz CT molecular complexity index is 696. The van der Waals surface area contributed by atoms with E-state index in [0.29, 0.717) is 0 Å². The van der Waals surface area contributed by atoms with Crippen LogP contribution in [0.5, 0.6) is 0 Å². The molecule has 3 aromatic carbocycles. The van der Waals surface area contributed by atoms with Gasteiger partial charge in [0.15, 0.2) is 0 Å². The molecule has 1 N–H and O–H groups in total. The second-order valence-electron chi connectivity index (χ2n) is 4.80. The van der Waals surface area contributed by atoms with Gasteiger partial charge in [-0.1, -0.05) is 91.1 Å². The van der Waals surface area contributed by atoms with Crippen molar-refractivity contribution in [3.63, 3.8) is 0 Å². The van der Waals surface area contributed by atoms with Gasteiger partial charge in [-0.25, -0.2) is 0 Å². The minimum atomic E-state index is -0.715. The zero-order valence-electron chi connectivity index (χ0n) is 12.3. The number of para-hydroxylation sites is 1. The van der Waals surface area contributed by atoms with Crippen molar-refractivity contribution in [2.45, 2.75) is 0 Å². The molecule has 0 aromatic heterocycles. The van der Waals surface area contributed by atoms with Crippen LogP contribution in [0.25, 0.3) is 0 Å². The van der Waals surface area contributed by atoms with Gasteiger partial charge in [0.25, 0.3) is 0 Å². The van der Waals surface area contributed by atoms with E-state index in [1.165, 1.54) is 10.6 Å². The SMILES string of the molecule is S=C(Nc1ccccc1)P(c1ccccc1)c1ccccc1.[Ir]. The quantitative estimate of drug-likeness (QED) is 0.407. The summed E-state index contributed by atoms with van der Waals surface area (Å²) in [5, 5.41) is 5.92. The van der Waals surface area contributed by atoms with Gasteiger partial charge in [0, 0.05) is 33.7 Å². The predicted molar refractivity (Wildman–Crippen MR) is 102 cm³/mol. The van der Waals surface area contributed by atoms with Crippen molar-refractivity contribution < 1.29 is 20.1 Å². The first-order chi connectivity index (χ1) is 10.8. The molecular formula is C19H16IrNPS. The molecule has 0 aliphatic rings. The third-order valence-corrected chi connectivity index (χ3v) is 6.05. The molecule has 1 nitrogen and oxygen atoms in total. The maximum atomic E-state index is 5.74. The van der Waals surface area contributed by atoms with Crippen molar-refractivity contribution in [2.24, 2.45) is 0 Å². The average Bonchev–Trinajstić information content (AvgIpc) is 2.58. The fourth-order valence-electron chi connectivity index (χ4n) is 2.24. The number of thiocarbonyl (C=S) groups is 1. The van der Waals surface area contributed by atoms with E-state index in [1.54, 1.807) is 0 Å². The zero-order valence-corrected chi connectivity index (χ0v) is 16.5. The molecule has 0 saturated heterocycles. The topological polar surface area (TPSA) is 12.0 Å². The molecule has 0 aliphatic heterocycles. The molecule has 0 saturated carbocycles. The van der Waals surface area contributed by atoms with Crippen molar-refractivity contribution in [1.29, 1.82) is 0 Å². The Kier molecular flexibility index (Phi) is 7.08. The summed E-state index contributed by atoms with van der Waals surface area (Å²) >= 11 is 5.74. The van der Waals surface area contributed by atoms with Gasteiger partial charge in [0.05, 0.1) is 0 Å². The molecule has 1 radical (unpaired) electrons. The molecule has 0 aliphatic carbocycles. The maximum absolute atomic E-state index is 5.74. The molecule has 0 fully saturated rings. The van der Waals surface area contributed by atoms with Gasteiger partial charge >= 0.3 is 0 Å². The summed E-state index contributed by atoms with van der Waals surface area (Å²) in [6.07, 6.45) is 0. The van der Waals surface area contributed by atoms with Crippen LogP contribution >= 0.6 is 20.1 Å². The van der Waals surface area contributed by atoms with Gasteiger partial charge in [-0.3, -0.25) is 0 Å². The van der Waals surface area contributed by atoms with Crippen LogP contribution in [0.3, 0.4) is 0 Å². The van der Waals surface area contributed by atoms with Gasteiger partial charge in [-0.05, 0) is 22.7 Å². The minimum absolute atomic E-state index is 0. The van der Waals surface area contributed by atoms with Gasteiger partial charge < -0.3 is 5.32 Å². The smallest absolute Gasteiger partial charge is 0.112 e. The second kappa shape index (κ2) is 9.05. The maximum Gasteiger partial charge on any atom is 0.112 e.